The lowest BCUT2D eigenvalue weighted by atomic mass is 10.2. The topological polar surface area (TPSA) is 115 Å². The number of hydrogen-bond acceptors (Lipinski definition) is 9. The molecule has 0 saturated heterocycles. The molecule has 2 unspecified atom stereocenters. The van der Waals surface area contributed by atoms with Gasteiger partial charge in [0.25, 0.3) is 5.85 Å². The third-order valence-corrected chi connectivity index (χ3v) is 6.66. The van der Waals surface area contributed by atoms with E-state index in [0.29, 0.717) is 19.1 Å². The Morgan fingerprint density at radius 3 is 2.21 bits per heavy atom. The maximum absolute atomic E-state index is 9.64. The Morgan fingerprint density at radius 2 is 1.68 bits per heavy atom. The summed E-state index contributed by atoms with van der Waals surface area (Å²) in [5.74, 6) is -0.671. The second-order valence-corrected chi connectivity index (χ2v) is 10.0. The van der Waals surface area contributed by atoms with Crippen LogP contribution in [0.4, 0.5) is 0 Å². The van der Waals surface area contributed by atoms with Crippen LogP contribution in [-0.2, 0) is 23.6 Å². The average molecular weight is 478 g/mol. The zero-order valence-corrected chi connectivity index (χ0v) is 18.7. The fraction of sp³-hybridized carbons (Fsp3) is 0.133. The van der Waals surface area contributed by atoms with Gasteiger partial charge in [-0.25, -0.2) is 0 Å². The summed E-state index contributed by atoms with van der Waals surface area (Å²) in [5, 5.41) is 13.9. The van der Waals surface area contributed by atoms with Gasteiger partial charge in [0.2, 0.25) is 19.4 Å². The highest BCUT2D eigenvalue weighted by atomic mass is 32.4. The van der Waals surface area contributed by atoms with Gasteiger partial charge in [-0.2, -0.15) is 14.7 Å². The number of hydrazone groups is 1. The molecule has 0 spiro atoms. The molecule has 0 bridgehead atoms. The van der Waals surface area contributed by atoms with E-state index in [-0.39, 0.29) is 5.56 Å². The Balaban J connectivity index is 1.95. The van der Waals surface area contributed by atoms with Gasteiger partial charge < -0.3 is 9.63 Å². The second-order valence-electron chi connectivity index (χ2n) is 5.36. The van der Waals surface area contributed by atoms with Gasteiger partial charge >= 0.3 is 15.0 Å². The van der Waals surface area contributed by atoms with E-state index in [4.69, 9.17) is 47.3 Å². The highest BCUT2D eigenvalue weighted by molar-refractivity contribution is 8.02. The first-order chi connectivity index (χ1) is 13.2. The Hall–Kier alpha value is -1.18. The zero-order valence-electron chi connectivity index (χ0n) is 14.4. The summed E-state index contributed by atoms with van der Waals surface area (Å²) in [7, 11) is -3.78. The molecule has 0 aliphatic rings. The molecular formula is C15H17N2O6P3S2+2. The SMILES string of the molecule is CN(/N=C/c1ccc(OP=S)cc1)[P+](=S)Oc1ccc(C(O)[P+](O)(O)O)cc1. The number of aliphatic hydroxyl groups excluding tert-OH is 1. The fourth-order valence-electron chi connectivity index (χ4n) is 1.90. The number of hydrogen-bond donors (Lipinski definition) is 4. The maximum atomic E-state index is 9.64. The van der Waals surface area contributed by atoms with Gasteiger partial charge in [0.1, 0.15) is 5.75 Å². The molecule has 0 aliphatic carbocycles. The van der Waals surface area contributed by atoms with Gasteiger partial charge in [-0.1, -0.05) is 4.78 Å². The molecule has 0 fully saturated rings. The molecule has 2 aromatic carbocycles. The van der Waals surface area contributed by atoms with Gasteiger partial charge in [-0.15, -0.1) is 5.10 Å². The first-order valence-electron chi connectivity index (χ1n) is 7.58. The lowest BCUT2D eigenvalue weighted by molar-refractivity contribution is 0.184. The smallest absolute Gasteiger partial charge is 0.429 e. The second kappa shape index (κ2) is 10.6. The molecular weight excluding hydrogens is 461 g/mol. The van der Waals surface area contributed by atoms with E-state index < -0.39 is 20.9 Å². The largest absolute Gasteiger partial charge is 0.540 e. The van der Waals surface area contributed by atoms with Crippen molar-refractivity contribution in [3.05, 3.63) is 59.7 Å². The highest BCUT2D eigenvalue weighted by Crippen LogP contribution is 2.57. The van der Waals surface area contributed by atoms with Crippen molar-refractivity contribution in [2.75, 3.05) is 7.05 Å². The Labute approximate surface area is 175 Å². The van der Waals surface area contributed by atoms with Crippen molar-refractivity contribution in [2.45, 2.75) is 5.85 Å². The van der Waals surface area contributed by atoms with E-state index in [2.05, 4.69) is 5.10 Å². The quantitative estimate of drug-likeness (QED) is 0.245. The van der Waals surface area contributed by atoms with Gasteiger partial charge in [0.15, 0.2) is 5.75 Å². The molecule has 28 heavy (non-hydrogen) atoms. The molecule has 0 amide bonds. The van der Waals surface area contributed by atoms with Crippen molar-refractivity contribution in [1.29, 1.82) is 0 Å². The summed E-state index contributed by atoms with van der Waals surface area (Å²) in [4.78, 5) is 27.3. The number of aliphatic hydroxyl groups is 1. The molecule has 0 radical (unpaired) electrons. The molecule has 0 aliphatic heterocycles. The molecule has 0 saturated carbocycles. The van der Waals surface area contributed by atoms with Crippen LogP contribution in [0.15, 0.2) is 53.6 Å². The molecule has 0 aromatic heterocycles. The van der Waals surface area contributed by atoms with Crippen LogP contribution in [0, 0.1) is 0 Å². The van der Waals surface area contributed by atoms with Crippen LogP contribution >= 0.6 is 22.6 Å². The lowest BCUT2D eigenvalue weighted by Crippen LogP contribution is -2.05. The van der Waals surface area contributed by atoms with Crippen LogP contribution in [-0.4, -0.2) is 37.8 Å². The normalized spacial score (nSPS) is 13.4. The van der Waals surface area contributed by atoms with Gasteiger partial charge in [-0.3, -0.25) is 4.52 Å². The first kappa shape index (κ1) is 23.1. The minimum atomic E-state index is -4.38. The molecule has 0 heterocycles. The highest BCUT2D eigenvalue weighted by Gasteiger charge is 2.42. The van der Waals surface area contributed by atoms with Gasteiger partial charge in [0, 0.05) is 5.56 Å². The van der Waals surface area contributed by atoms with Gasteiger partial charge in [-0.05, 0) is 65.9 Å². The molecule has 13 heteroatoms. The van der Waals surface area contributed by atoms with E-state index in [9.17, 15) is 5.11 Å². The van der Waals surface area contributed by atoms with Crippen LogP contribution in [0.3, 0.4) is 0 Å². The molecule has 148 valence electrons. The summed E-state index contributed by atoms with van der Waals surface area (Å²) in [6.07, 6.45) is 1.63. The molecule has 2 aromatic rings. The van der Waals surface area contributed by atoms with Crippen LogP contribution in [0.25, 0.3) is 0 Å². The van der Waals surface area contributed by atoms with E-state index in [1.54, 1.807) is 25.4 Å². The maximum Gasteiger partial charge on any atom is 0.540 e. The van der Waals surface area contributed by atoms with Crippen LogP contribution in [0.2, 0.25) is 0 Å². The first-order valence-corrected chi connectivity index (χ1v) is 13.3. The third-order valence-electron chi connectivity index (χ3n) is 3.32. The van der Waals surface area contributed by atoms with Crippen molar-refractivity contribution in [1.82, 2.24) is 4.78 Å². The number of benzene rings is 2. The fourth-order valence-corrected chi connectivity index (χ4v) is 3.88. The number of rotatable bonds is 9. The monoisotopic (exact) mass is 478 g/mol. The summed E-state index contributed by atoms with van der Waals surface area (Å²) in [6, 6.07) is 13.1. The van der Waals surface area contributed by atoms with E-state index in [1.165, 1.54) is 29.0 Å². The van der Waals surface area contributed by atoms with Gasteiger partial charge in [0.05, 0.1) is 13.3 Å². The summed E-state index contributed by atoms with van der Waals surface area (Å²) >= 11 is 10.0. The zero-order chi connectivity index (χ0) is 20.7. The molecule has 2 atom stereocenters. The van der Waals surface area contributed by atoms with Crippen LogP contribution in [0.1, 0.15) is 17.0 Å². The minimum Gasteiger partial charge on any atom is -0.429 e. The van der Waals surface area contributed by atoms with Crippen molar-refractivity contribution in [2.24, 2.45) is 5.10 Å². The lowest BCUT2D eigenvalue weighted by Gasteiger charge is -2.11. The van der Waals surface area contributed by atoms with E-state index in [1.807, 2.05) is 12.1 Å². The summed E-state index contributed by atoms with van der Waals surface area (Å²) in [6.45, 7) is 0. The Bertz CT molecular complexity index is 846. The average Bonchev–Trinajstić information content (AvgIpc) is 2.66. The van der Waals surface area contributed by atoms with Crippen molar-refractivity contribution in [3.8, 4) is 11.5 Å². The molecule has 8 nitrogen and oxygen atoms in total. The number of nitrogens with zero attached hydrogens (tertiary/aromatic N) is 2. The van der Waals surface area contributed by atoms with Crippen molar-refractivity contribution >= 4 is 52.4 Å². The van der Waals surface area contributed by atoms with E-state index in [0.717, 1.165) is 5.56 Å². The van der Waals surface area contributed by atoms with Crippen LogP contribution in [0.5, 0.6) is 11.5 Å². The van der Waals surface area contributed by atoms with E-state index >= 15 is 0 Å². The molecule has 4 N–H and O–H groups in total. The van der Waals surface area contributed by atoms with Crippen LogP contribution < -0.4 is 9.05 Å². The predicted molar refractivity (Wildman–Crippen MR) is 117 cm³/mol. The molecule has 2 rings (SSSR count). The van der Waals surface area contributed by atoms with Crippen molar-refractivity contribution in [3.63, 3.8) is 0 Å². The third kappa shape index (κ3) is 7.01. The summed E-state index contributed by atoms with van der Waals surface area (Å²) < 4.78 is 12.3. The Morgan fingerprint density at radius 1 is 1.11 bits per heavy atom. The van der Waals surface area contributed by atoms with Crippen molar-refractivity contribution < 1.29 is 28.8 Å². The predicted octanol–water partition coefficient (Wildman–Crippen LogP) is 3.24. The Kier molecular flexibility index (Phi) is 8.71. The summed E-state index contributed by atoms with van der Waals surface area (Å²) in [5.41, 5.74) is 0.997. The standard InChI is InChI=1S/C15H17N2O6P3S2/c1-17(16-10-11-2-6-13(7-3-11)22-24-27)25(28)23-14-8-4-12(5-9-14)15(18)26(19,20)21/h2-10,15,18-21H,1H3/q+2/b16-10+. The minimum absolute atomic E-state index is 0.149.